The van der Waals surface area contributed by atoms with Gasteiger partial charge in [-0.25, -0.2) is 0 Å². The fraction of sp³-hybridized carbons (Fsp3) is 0.318. The maximum Gasteiger partial charge on any atom is 0.251 e. The molecule has 0 aliphatic carbocycles. The minimum absolute atomic E-state index is 0.116. The second kappa shape index (κ2) is 10.8. The summed E-state index contributed by atoms with van der Waals surface area (Å²) in [5.41, 5.74) is 2.24. The maximum atomic E-state index is 13.0. The van der Waals surface area contributed by atoms with E-state index in [1.807, 2.05) is 42.3 Å². The molecule has 0 heterocycles. The third kappa shape index (κ3) is 6.06. The van der Waals surface area contributed by atoms with Crippen LogP contribution in [0, 0.1) is 11.3 Å². The summed E-state index contributed by atoms with van der Waals surface area (Å²) < 4.78 is 5.37. The number of para-hydroxylation sites is 2. The molecule has 0 aromatic heterocycles. The Morgan fingerprint density at radius 1 is 1.14 bits per heavy atom. The number of anilines is 1. The minimum atomic E-state index is -0.134. The molecule has 0 atom stereocenters. The van der Waals surface area contributed by atoms with E-state index >= 15 is 0 Å². The molecule has 152 valence electrons. The van der Waals surface area contributed by atoms with Gasteiger partial charge in [-0.1, -0.05) is 24.3 Å². The van der Waals surface area contributed by atoms with Crippen molar-refractivity contribution in [1.29, 1.82) is 5.26 Å². The van der Waals surface area contributed by atoms with Crippen molar-refractivity contribution < 1.29 is 14.3 Å². The molecule has 0 spiro atoms. The van der Waals surface area contributed by atoms with Gasteiger partial charge < -0.3 is 15.0 Å². The number of ether oxygens (including phenoxy) is 1. The first kappa shape index (κ1) is 21.9. The molecular formula is C22H26N4O3. The molecule has 2 aromatic carbocycles. The predicted octanol–water partition coefficient (Wildman–Crippen LogP) is 2.43. The highest BCUT2D eigenvalue weighted by atomic mass is 16.5. The molecule has 0 radical (unpaired) electrons. The number of hydrogen-bond acceptors (Lipinski definition) is 5. The van der Waals surface area contributed by atoms with Crippen molar-refractivity contribution in [3.63, 3.8) is 0 Å². The molecule has 0 aliphatic rings. The standard InChI is InChI=1S/C22H26N4O3/c1-24-22(28)18-11-9-17(10-12-18)15-25(2)16-21(27)26(14-6-13-23)19-7-4-5-8-20(19)29-3/h4-5,7-12H,6,14-16H2,1-3H3,(H,24,28). The van der Waals surface area contributed by atoms with Crippen LogP contribution < -0.4 is 15.0 Å². The van der Waals surface area contributed by atoms with Crippen molar-refractivity contribution in [2.24, 2.45) is 0 Å². The maximum absolute atomic E-state index is 13.0. The number of nitrogens with one attached hydrogen (secondary N) is 1. The highest BCUT2D eigenvalue weighted by Crippen LogP contribution is 2.28. The monoisotopic (exact) mass is 394 g/mol. The predicted molar refractivity (Wildman–Crippen MR) is 112 cm³/mol. The van der Waals surface area contributed by atoms with Gasteiger partial charge in [0.05, 0.1) is 31.8 Å². The Kier molecular flexibility index (Phi) is 8.19. The van der Waals surface area contributed by atoms with Crippen LogP contribution in [0.5, 0.6) is 5.75 Å². The van der Waals surface area contributed by atoms with Crippen molar-refractivity contribution in [3.05, 3.63) is 59.7 Å². The molecule has 29 heavy (non-hydrogen) atoms. The van der Waals surface area contributed by atoms with Gasteiger partial charge in [0.15, 0.2) is 0 Å². The van der Waals surface area contributed by atoms with E-state index in [-0.39, 0.29) is 24.8 Å². The largest absolute Gasteiger partial charge is 0.495 e. The zero-order valence-corrected chi connectivity index (χ0v) is 17.0. The van der Waals surface area contributed by atoms with Crippen LogP contribution in [0.25, 0.3) is 0 Å². The topological polar surface area (TPSA) is 85.7 Å². The molecule has 2 rings (SSSR count). The molecule has 7 nitrogen and oxygen atoms in total. The molecule has 2 amide bonds. The van der Waals surface area contributed by atoms with Gasteiger partial charge in [0.2, 0.25) is 5.91 Å². The molecule has 0 saturated heterocycles. The van der Waals surface area contributed by atoms with Crippen LogP contribution >= 0.6 is 0 Å². The summed E-state index contributed by atoms with van der Waals surface area (Å²) in [7, 11) is 5.01. The summed E-state index contributed by atoms with van der Waals surface area (Å²) in [5, 5.41) is 11.6. The summed E-state index contributed by atoms with van der Waals surface area (Å²) in [5.74, 6) is 0.338. The number of rotatable bonds is 9. The second-order valence-corrected chi connectivity index (χ2v) is 6.57. The summed E-state index contributed by atoms with van der Waals surface area (Å²) in [6, 6.07) is 16.6. The Balaban J connectivity index is 2.08. The lowest BCUT2D eigenvalue weighted by Gasteiger charge is -2.26. The van der Waals surface area contributed by atoms with Gasteiger partial charge in [-0.05, 0) is 36.9 Å². The molecule has 1 N–H and O–H groups in total. The van der Waals surface area contributed by atoms with E-state index in [4.69, 9.17) is 10.00 Å². The minimum Gasteiger partial charge on any atom is -0.495 e. The van der Waals surface area contributed by atoms with E-state index in [0.717, 1.165) is 5.56 Å². The zero-order chi connectivity index (χ0) is 21.2. The Bertz CT molecular complexity index is 874. The van der Waals surface area contributed by atoms with E-state index in [1.54, 1.807) is 37.3 Å². The molecule has 0 aliphatic heterocycles. The number of amides is 2. The smallest absolute Gasteiger partial charge is 0.251 e. The fourth-order valence-corrected chi connectivity index (χ4v) is 2.98. The van der Waals surface area contributed by atoms with Gasteiger partial charge in [-0.2, -0.15) is 5.26 Å². The molecule has 0 unspecified atom stereocenters. The number of carbonyl (C=O) groups is 2. The van der Waals surface area contributed by atoms with E-state index in [2.05, 4.69) is 11.4 Å². The lowest BCUT2D eigenvalue weighted by atomic mass is 10.1. The SMILES string of the molecule is CNC(=O)c1ccc(CN(C)CC(=O)N(CCC#N)c2ccccc2OC)cc1. The number of hydrogen-bond donors (Lipinski definition) is 1. The van der Waals surface area contributed by atoms with Crippen molar-refractivity contribution in [3.8, 4) is 11.8 Å². The first-order chi connectivity index (χ1) is 14.0. The van der Waals surface area contributed by atoms with Crippen LogP contribution in [0.15, 0.2) is 48.5 Å². The van der Waals surface area contributed by atoms with Crippen molar-refractivity contribution in [2.45, 2.75) is 13.0 Å². The number of nitrogens with zero attached hydrogens (tertiary/aromatic N) is 3. The van der Waals surface area contributed by atoms with Crippen molar-refractivity contribution >= 4 is 17.5 Å². The quantitative estimate of drug-likeness (QED) is 0.706. The third-order valence-electron chi connectivity index (χ3n) is 4.43. The number of benzene rings is 2. The normalized spacial score (nSPS) is 10.3. The second-order valence-electron chi connectivity index (χ2n) is 6.57. The van der Waals surface area contributed by atoms with Crippen LogP contribution in [-0.4, -0.2) is 51.0 Å². The van der Waals surface area contributed by atoms with Gasteiger partial charge in [0.25, 0.3) is 5.91 Å². The lowest BCUT2D eigenvalue weighted by Crippen LogP contribution is -2.39. The van der Waals surface area contributed by atoms with Gasteiger partial charge >= 0.3 is 0 Å². The molecule has 0 fully saturated rings. The third-order valence-corrected chi connectivity index (χ3v) is 4.43. The molecule has 2 aromatic rings. The van der Waals surface area contributed by atoms with Gasteiger partial charge in [0, 0.05) is 25.7 Å². The first-order valence-corrected chi connectivity index (χ1v) is 9.30. The number of carbonyl (C=O) groups excluding carboxylic acids is 2. The van der Waals surface area contributed by atoms with Crippen LogP contribution in [-0.2, 0) is 11.3 Å². The highest BCUT2D eigenvalue weighted by Gasteiger charge is 2.20. The Hall–Kier alpha value is -3.37. The van der Waals surface area contributed by atoms with E-state index < -0.39 is 0 Å². The molecule has 7 heteroatoms. The van der Waals surface area contributed by atoms with E-state index in [9.17, 15) is 9.59 Å². The Labute approximate surface area is 171 Å². The van der Waals surface area contributed by atoms with Gasteiger partial charge in [0.1, 0.15) is 5.75 Å². The van der Waals surface area contributed by atoms with E-state index in [0.29, 0.717) is 30.1 Å². The molecular weight excluding hydrogens is 368 g/mol. The van der Waals surface area contributed by atoms with Crippen LogP contribution in [0.3, 0.4) is 0 Å². The summed E-state index contributed by atoms with van der Waals surface area (Å²) in [6.45, 7) is 1.03. The summed E-state index contributed by atoms with van der Waals surface area (Å²) >= 11 is 0. The average Bonchev–Trinajstić information content (AvgIpc) is 2.74. The van der Waals surface area contributed by atoms with Crippen molar-refractivity contribution in [1.82, 2.24) is 10.2 Å². The first-order valence-electron chi connectivity index (χ1n) is 9.30. The fourth-order valence-electron chi connectivity index (χ4n) is 2.98. The van der Waals surface area contributed by atoms with E-state index in [1.165, 1.54) is 0 Å². The average molecular weight is 394 g/mol. The van der Waals surface area contributed by atoms with Crippen LogP contribution in [0.2, 0.25) is 0 Å². The van der Waals surface area contributed by atoms with Crippen LogP contribution in [0.4, 0.5) is 5.69 Å². The van der Waals surface area contributed by atoms with Gasteiger partial charge in [-0.15, -0.1) is 0 Å². The number of likely N-dealkylation sites (N-methyl/N-ethyl adjacent to an activating group) is 1. The molecule has 0 saturated carbocycles. The Morgan fingerprint density at radius 3 is 2.45 bits per heavy atom. The Morgan fingerprint density at radius 2 is 1.83 bits per heavy atom. The lowest BCUT2D eigenvalue weighted by molar-refractivity contribution is -0.119. The number of nitriles is 1. The van der Waals surface area contributed by atoms with Gasteiger partial charge in [-0.3, -0.25) is 14.5 Å². The van der Waals surface area contributed by atoms with Crippen LogP contribution in [0.1, 0.15) is 22.3 Å². The summed E-state index contributed by atoms with van der Waals surface area (Å²) in [4.78, 5) is 28.1. The number of methoxy groups -OCH3 is 1. The summed E-state index contributed by atoms with van der Waals surface area (Å²) in [6.07, 6.45) is 0.231. The zero-order valence-electron chi connectivity index (χ0n) is 17.0. The molecule has 0 bridgehead atoms. The van der Waals surface area contributed by atoms with Crippen molar-refractivity contribution in [2.75, 3.05) is 39.2 Å². The highest BCUT2D eigenvalue weighted by molar-refractivity contribution is 5.96.